The third-order valence-electron chi connectivity index (χ3n) is 6.68. The quantitative estimate of drug-likeness (QED) is 0.612. The molecule has 28 heavy (non-hydrogen) atoms. The number of ether oxygens (including phenoxy) is 2. The van der Waals surface area contributed by atoms with Crippen LogP contribution in [-0.4, -0.2) is 57.6 Å². The van der Waals surface area contributed by atoms with Gasteiger partial charge < -0.3 is 24.8 Å². The van der Waals surface area contributed by atoms with Gasteiger partial charge in [-0.3, -0.25) is 4.79 Å². The molecule has 0 aromatic heterocycles. The SMILES string of the molecule is CC[C@H]1C(O)=C2CC[C@@]3(C)C[C@H](C)[C@@H](O3)[C@H](O)C[C@H](CO)C(=O)C[C@H]1OC2=O. The van der Waals surface area contributed by atoms with Crippen LogP contribution in [-0.2, 0) is 19.1 Å². The Labute approximate surface area is 165 Å². The predicted octanol–water partition coefficient (Wildman–Crippen LogP) is 2.05. The van der Waals surface area contributed by atoms with Crippen molar-refractivity contribution in [1.82, 2.24) is 0 Å². The second-order valence-electron chi connectivity index (χ2n) is 8.89. The molecule has 4 bridgehead atoms. The zero-order valence-electron chi connectivity index (χ0n) is 16.9. The highest BCUT2D eigenvalue weighted by Crippen LogP contribution is 2.42. The molecule has 2 fully saturated rings. The van der Waals surface area contributed by atoms with E-state index in [1.165, 1.54) is 0 Å². The molecule has 4 rings (SSSR count). The van der Waals surface area contributed by atoms with Crippen LogP contribution in [0, 0.1) is 17.8 Å². The minimum absolute atomic E-state index is 0.0142. The van der Waals surface area contributed by atoms with Crippen molar-refractivity contribution >= 4 is 11.8 Å². The molecular weight excluding hydrogens is 364 g/mol. The first-order chi connectivity index (χ1) is 13.2. The summed E-state index contributed by atoms with van der Waals surface area (Å²) in [6.45, 7) is 5.43. The normalized spacial score (nSPS) is 42.5. The standard InChI is InChI=1S/C21H32O7/c1-4-13-17-8-15(23)12(10-22)7-16(24)19-11(2)9-21(3,28-19)6-5-14(18(13)25)20(26)27-17/h11-13,16-17,19,22,24-25H,4-10H2,1-3H3/t11-,12+,13+,16+,17+,19+,21-/m0/s1. The molecule has 0 spiro atoms. The minimum Gasteiger partial charge on any atom is -0.511 e. The highest BCUT2D eigenvalue weighted by Gasteiger charge is 2.46. The zero-order chi connectivity index (χ0) is 20.6. The van der Waals surface area contributed by atoms with Gasteiger partial charge in [0.05, 0.1) is 35.9 Å². The molecule has 0 aromatic carbocycles. The number of carbonyl (C=O) groups excluding carboxylic acids is 2. The van der Waals surface area contributed by atoms with Gasteiger partial charge in [0.25, 0.3) is 0 Å². The number of hydrogen-bond acceptors (Lipinski definition) is 7. The van der Waals surface area contributed by atoms with Gasteiger partial charge in [0.1, 0.15) is 17.6 Å². The molecule has 7 nitrogen and oxygen atoms in total. The predicted molar refractivity (Wildman–Crippen MR) is 100 cm³/mol. The first kappa shape index (κ1) is 21.3. The lowest BCUT2D eigenvalue weighted by Crippen LogP contribution is -2.41. The monoisotopic (exact) mass is 396 g/mol. The van der Waals surface area contributed by atoms with Crippen molar-refractivity contribution in [3.05, 3.63) is 11.3 Å². The average molecular weight is 396 g/mol. The number of Topliss-reactive ketones (excluding diaryl/α,β-unsaturated/α-hetero) is 1. The Kier molecular flexibility index (Phi) is 6.17. The Balaban J connectivity index is 1.97. The van der Waals surface area contributed by atoms with Gasteiger partial charge in [0.15, 0.2) is 0 Å². The zero-order valence-corrected chi connectivity index (χ0v) is 16.9. The van der Waals surface area contributed by atoms with Crippen LogP contribution in [0.3, 0.4) is 0 Å². The maximum absolute atomic E-state index is 12.8. The summed E-state index contributed by atoms with van der Waals surface area (Å²) in [6.07, 6.45) is 0.0786. The van der Waals surface area contributed by atoms with E-state index in [4.69, 9.17) is 9.47 Å². The van der Waals surface area contributed by atoms with E-state index in [0.29, 0.717) is 25.7 Å². The fourth-order valence-electron chi connectivity index (χ4n) is 5.06. The maximum Gasteiger partial charge on any atom is 0.337 e. The van der Waals surface area contributed by atoms with Crippen LogP contribution < -0.4 is 0 Å². The Morgan fingerprint density at radius 1 is 1.29 bits per heavy atom. The highest BCUT2D eigenvalue weighted by atomic mass is 16.5. The number of rotatable bonds is 2. The van der Waals surface area contributed by atoms with E-state index in [1.807, 2.05) is 20.8 Å². The first-order valence-electron chi connectivity index (χ1n) is 10.3. The molecule has 0 saturated carbocycles. The van der Waals surface area contributed by atoms with Crippen LogP contribution in [0.25, 0.3) is 0 Å². The molecule has 3 N–H and O–H groups in total. The third kappa shape index (κ3) is 3.98. The van der Waals surface area contributed by atoms with Crippen molar-refractivity contribution in [2.24, 2.45) is 17.8 Å². The van der Waals surface area contributed by atoms with Crippen LogP contribution in [0.5, 0.6) is 0 Å². The summed E-state index contributed by atoms with van der Waals surface area (Å²) in [4.78, 5) is 25.3. The number of hydrogen-bond donors (Lipinski definition) is 3. The number of carbonyl (C=O) groups is 2. The smallest absolute Gasteiger partial charge is 0.337 e. The number of fused-ring (bicyclic) bond motifs is 7. The Morgan fingerprint density at radius 2 is 2.00 bits per heavy atom. The van der Waals surface area contributed by atoms with Crippen molar-refractivity contribution in [2.45, 2.75) is 83.2 Å². The van der Waals surface area contributed by atoms with E-state index >= 15 is 0 Å². The summed E-state index contributed by atoms with van der Waals surface area (Å²) in [5.74, 6) is -1.96. The summed E-state index contributed by atoms with van der Waals surface area (Å²) >= 11 is 0. The summed E-state index contributed by atoms with van der Waals surface area (Å²) in [7, 11) is 0. The Hall–Kier alpha value is -1.44. The molecule has 7 heteroatoms. The summed E-state index contributed by atoms with van der Waals surface area (Å²) in [5, 5.41) is 31.2. The van der Waals surface area contributed by atoms with Gasteiger partial charge in [0, 0.05) is 12.3 Å². The van der Waals surface area contributed by atoms with Crippen LogP contribution in [0.15, 0.2) is 11.3 Å². The lowest BCUT2D eigenvalue weighted by molar-refractivity contribution is -0.153. The molecule has 2 saturated heterocycles. The highest BCUT2D eigenvalue weighted by molar-refractivity contribution is 5.91. The lowest BCUT2D eigenvalue weighted by Gasteiger charge is -2.34. The van der Waals surface area contributed by atoms with Crippen molar-refractivity contribution in [3.8, 4) is 0 Å². The Bertz CT molecular complexity index is 657. The van der Waals surface area contributed by atoms with Crippen molar-refractivity contribution in [1.29, 1.82) is 0 Å². The molecule has 158 valence electrons. The van der Waals surface area contributed by atoms with E-state index in [-0.39, 0.29) is 35.9 Å². The molecule has 0 radical (unpaired) electrons. The van der Waals surface area contributed by atoms with Gasteiger partial charge in [-0.15, -0.1) is 0 Å². The van der Waals surface area contributed by atoms with Crippen LogP contribution in [0.4, 0.5) is 0 Å². The van der Waals surface area contributed by atoms with Gasteiger partial charge in [-0.25, -0.2) is 4.79 Å². The molecule has 0 unspecified atom stereocenters. The van der Waals surface area contributed by atoms with E-state index in [0.717, 1.165) is 0 Å². The topological polar surface area (TPSA) is 113 Å². The number of aliphatic hydroxyl groups is 3. The molecule has 7 atom stereocenters. The third-order valence-corrected chi connectivity index (χ3v) is 6.68. The minimum atomic E-state index is -0.852. The molecule has 0 amide bonds. The first-order valence-corrected chi connectivity index (χ1v) is 10.3. The summed E-state index contributed by atoms with van der Waals surface area (Å²) < 4.78 is 11.7. The van der Waals surface area contributed by atoms with E-state index < -0.39 is 48.3 Å². The fourth-order valence-corrected chi connectivity index (χ4v) is 5.06. The van der Waals surface area contributed by atoms with E-state index in [9.17, 15) is 24.9 Å². The van der Waals surface area contributed by atoms with Gasteiger partial charge in [0.2, 0.25) is 0 Å². The van der Waals surface area contributed by atoms with Gasteiger partial charge in [-0.2, -0.15) is 0 Å². The van der Waals surface area contributed by atoms with Crippen LogP contribution in [0.2, 0.25) is 0 Å². The van der Waals surface area contributed by atoms with Crippen LogP contribution >= 0.6 is 0 Å². The molecule has 4 aliphatic heterocycles. The molecule has 0 aliphatic carbocycles. The van der Waals surface area contributed by atoms with E-state index in [1.54, 1.807) is 0 Å². The molecule has 4 heterocycles. The number of esters is 1. The summed E-state index contributed by atoms with van der Waals surface area (Å²) in [5.41, 5.74) is -0.284. The summed E-state index contributed by atoms with van der Waals surface area (Å²) in [6, 6.07) is 0. The lowest BCUT2D eigenvalue weighted by atomic mass is 9.84. The second kappa shape index (κ2) is 8.13. The van der Waals surface area contributed by atoms with Crippen molar-refractivity contribution < 1.29 is 34.4 Å². The molecule has 4 aliphatic rings. The molecule has 0 aromatic rings. The number of ketones is 1. The fraction of sp³-hybridized carbons (Fsp3) is 0.810. The number of aliphatic hydroxyl groups excluding tert-OH is 3. The average Bonchev–Trinajstić information content (AvgIpc) is 2.93. The van der Waals surface area contributed by atoms with Gasteiger partial charge in [-0.1, -0.05) is 13.8 Å². The maximum atomic E-state index is 12.8. The second-order valence-corrected chi connectivity index (χ2v) is 8.89. The van der Waals surface area contributed by atoms with E-state index in [2.05, 4.69) is 0 Å². The largest absolute Gasteiger partial charge is 0.511 e. The van der Waals surface area contributed by atoms with Gasteiger partial charge in [-0.05, 0) is 44.9 Å². The van der Waals surface area contributed by atoms with Crippen molar-refractivity contribution in [2.75, 3.05) is 6.61 Å². The van der Waals surface area contributed by atoms with Gasteiger partial charge >= 0.3 is 5.97 Å². The van der Waals surface area contributed by atoms with Crippen LogP contribution in [0.1, 0.15) is 59.3 Å². The Morgan fingerprint density at radius 3 is 2.64 bits per heavy atom. The molecular formula is C21H32O7. The van der Waals surface area contributed by atoms with Crippen molar-refractivity contribution in [3.63, 3.8) is 0 Å².